The average Bonchev–Trinajstić information content (AvgIpc) is 2.34. The number of amides is 1. The van der Waals surface area contributed by atoms with E-state index in [-0.39, 0.29) is 11.9 Å². The standard InChI is InChI=1S/C11H22N2O3S/c1-10(12-4-3-9-17(2)15)11(14)13-5-7-16-8-6-13/h10,12H,3-9H2,1-2H3. The second-order valence-corrected chi connectivity index (χ2v) is 5.80. The fourth-order valence-electron chi connectivity index (χ4n) is 1.74. The van der Waals surface area contributed by atoms with Crippen LogP contribution in [0.25, 0.3) is 0 Å². The molecule has 1 N–H and O–H groups in total. The first-order valence-electron chi connectivity index (χ1n) is 6.01. The predicted molar refractivity (Wildman–Crippen MR) is 68.4 cm³/mol. The molecule has 1 amide bonds. The van der Waals surface area contributed by atoms with E-state index in [1.165, 1.54) is 0 Å². The summed E-state index contributed by atoms with van der Waals surface area (Å²) in [6.07, 6.45) is 2.53. The number of morpholine rings is 1. The van der Waals surface area contributed by atoms with Crippen molar-refractivity contribution < 1.29 is 13.7 Å². The summed E-state index contributed by atoms with van der Waals surface area (Å²) in [6, 6.07) is -0.168. The number of carbonyl (C=O) groups excluding carboxylic acids is 1. The largest absolute Gasteiger partial charge is 0.378 e. The summed E-state index contributed by atoms with van der Waals surface area (Å²) in [4.78, 5) is 13.8. The first-order chi connectivity index (χ1) is 8.11. The Morgan fingerprint density at radius 2 is 2.12 bits per heavy atom. The van der Waals surface area contributed by atoms with Gasteiger partial charge in [-0.2, -0.15) is 0 Å². The molecule has 2 atom stereocenters. The van der Waals surface area contributed by atoms with E-state index >= 15 is 0 Å². The van der Waals surface area contributed by atoms with Gasteiger partial charge in [-0.05, 0) is 19.9 Å². The molecule has 1 heterocycles. The third-order valence-electron chi connectivity index (χ3n) is 2.75. The lowest BCUT2D eigenvalue weighted by Gasteiger charge is -2.29. The number of carbonyl (C=O) groups is 1. The maximum absolute atomic E-state index is 12.0. The normalized spacial score (nSPS) is 20.0. The van der Waals surface area contributed by atoms with Crippen LogP contribution >= 0.6 is 0 Å². The molecule has 0 aliphatic carbocycles. The van der Waals surface area contributed by atoms with Crippen LogP contribution in [0.3, 0.4) is 0 Å². The SMILES string of the molecule is CC(NCCCS(C)=O)C(=O)N1CCOCC1. The summed E-state index contributed by atoms with van der Waals surface area (Å²) < 4.78 is 16.1. The van der Waals surface area contributed by atoms with E-state index < -0.39 is 10.8 Å². The first-order valence-corrected chi connectivity index (χ1v) is 7.74. The monoisotopic (exact) mass is 262 g/mol. The highest BCUT2D eigenvalue weighted by molar-refractivity contribution is 7.84. The van der Waals surface area contributed by atoms with E-state index in [4.69, 9.17) is 4.74 Å². The fraction of sp³-hybridized carbons (Fsp3) is 0.909. The summed E-state index contributed by atoms with van der Waals surface area (Å²) in [5.74, 6) is 0.816. The van der Waals surface area contributed by atoms with Gasteiger partial charge in [0.25, 0.3) is 0 Å². The Morgan fingerprint density at radius 1 is 1.47 bits per heavy atom. The molecule has 0 aromatic rings. The zero-order valence-corrected chi connectivity index (χ0v) is 11.4. The molecule has 100 valence electrons. The predicted octanol–water partition coefficient (Wildman–Crippen LogP) is -0.408. The van der Waals surface area contributed by atoms with Crippen LogP contribution in [0.1, 0.15) is 13.3 Å². The van der Waals surface area contributed by atoms with Gasteiger partial charge in [0.15, 0.2) is 0 Å². The summed E-state index contributed by atoms with van der Waals surface area (Å²) in [5, 5.41) is 3.17. The molecule has 0 aromatic carbocycles. The molecule has 17 heavy (non-hydrogen) atoms. The van der Waals surface area contributed by atoms with E-state index in [9.17, 15) is 9.00 Å². The highest BCUT2D eigenvalue weighted by Gasteiger charge is 2.21. The van der Waals surface area contributed by atoms with Crippen molar-refractivity contribution in [2.24, 2.45) is 0 Å². The van der Waals surface area contributed by atoms with Gasteiger partial charge in [0, 0.05) is 35.9 Å². The lowest BCUT2D eigenvalue weighted by atomic mass is 10.2. The van der Waals surface area contributed by atoms with E-state index in [1.54, 1.807) is 6.26 Å². The van der Waals surface area contributed by atoms with Crippen molar-refractivity contribution in [2.45, 2.75) is 19.4 Å². The highest BCUT2D eigenvalue weighted by Crippen LogP contribution is 2.00. The molecule has 0 radical (unpaired) electrons. The molecular weight excluding hydrogens is 240 g/mol. The van der Waals surface area contributed by atoms with Gasteiger partial charge in [-0.25, -0.2) is 0 Å². The maximum atomic E-state index is 12.0. The molecule has 1 rings (SSSR count). The van der Waals surface area contributed by atoms with Crippen LogP contribution in [0.5, 0.6) is 0 Å². The first kappa shape index (κ1) is 14.6. The van der Waals surface area contributed by atoms with Crippen LogP contribution in [0.2, 0.25) is 0 Å². The Hall–Kier alpha value is -0.460. The van der Waals surface area contributed by atoms with Crippen LogP contribution < -0.4 is 5.32 Å². The van der Waals surface area contributed by atoms with Crippen molar-refractivity contribution in [2.75, 3.05) is 44.9 Å². The number of nitrogens with one attached hydrogen (secondary N) is 1. The number of rotatable bonds is 6. The molecular formula is C11H22N2O3S. The minimum atomic E-state index is -0.747. The van der Waals surface area contributed by atoms with Crippen molar-refractivity contribution in [1.29, 1.82) is 0 Å². The van der Waals surface area contributed by atoms with Crippen LogP contribution in [0.4, 0.5) is 0 Å². The van der Waals surface area contributed by atoms with Crippen LogP contribution in [-0.4, -0.2) is 65.9 Å². The zero-order valence-electron chi connectivity index (χ0n) is 10.6. The zero-order chi connectivity index (χ0) is 12.7. The summed E-state index contributed by atoms with van der Waals surface area (Å²) >= 11 is 0. The van der Waals surface area contributed by atoms with E-state index in [0.29, 0.717) is 32.1 Å². The van der Waals surface area contributed by atoms with E-state index in [0.717, 1.165) is 13.0 Å². The van der Waals surface area contributed by atoms with Crippen LogP contribution in [0.15, 0.2) is 0 Å². The lowest BCUT2D eigenvalue weighted by Crippen LogP contribution is -2.49. The van der Waals surface area contributed by atoms with Crippen molar-refractivity contribution in [3.05, 3.63) is 0 Å². The van der Waals surface area contributed by atoms with Gasteiger partial charge in [-0.1, -0.05) is 0 Å². The Morgan fingerprint density at radius 3 is 2.71 bits per heavy atom. The second-order valence-electron chi connectivity index (χ2n) is 4.24. The molecule has 0 spiro atoms. The van der Waals surface area contributed by atoms with Crippen molar-refractivity contribution >= 4 is 16.7 Å². The van der Waals surface area contributed by atoms with Crippen LogP contribution in [-0.2, 0) is 20.3 Å². The Balaban J connectivity index is 2.19. The topological polar surface area (TPSA) is 58.6 Å². The molecule has 0 saturated carbocycles. The van der Waals surface area contributed by atoms with Gasteiger partial charge in [-0.3, -0.25) is 9.00 Å². The third kappa shape index (κ3) is 5.61. The Kier molecular flexibility index (Phi) is 6.69. The van der Waals surface area contributed by atoms with Gasteiger partial charge < -0.3 is 15.0 Å². The van der Waals surface area contributed by atoms with Gasteiger partial charge in [0.2, 0.25) is 5.91 Å². The highest BCUT2D eigenvalue weighted by atomic mass is 32.2. The minimum absolute atomic E-state index is 0.130. The molecule has 0 aromatic heterocycles. The van der Waals surface area contributed by atoms with Crippen molar-refractivity contribution in [3.8, 4) is 0 Å². The van der Waals surface area contributed by atoms with Gasteiger partial charge >= 0.3 is 0 Å². The second kappa shape index (κ2) is 7.79. The van der Waals surface area contributed by atoms with Crippen molar-refractivity contribution in [3.63, 3.8) is 0 Å². The maximum Gasteiger partial charge on any atom is 0.239 e. The molecule has 1 aliphatic rings. The smallest absolute Gasteiger partial charge is 0.239 e. The number of hydrogen-bond donors (Lipinski definition) is 1. The minimum Gasteiger partial charge on any atom is -0.378 e. The number of hydrogen-bond acceptors (Lipinski definition) is 4. The summed E-state index contributed by atoms with van der Waals surface area (Å²) in [5.41, 5.74) is 0. The molecule has 0 bridgehead atoms. The number of ether oxygens (including phenoxy) is 1. The van der Waals surface area contributed by atoms with Gasteiger partial charge in [-0.15, -0.1) is 0 Å². The molecule has 1 fully saturated rings. The van der Waals surface area contributed by atoms with Gasteiger partial charge in [0.1, 0.15) is 0 Å². The summed E-state index contributed by atoms with van der Waals surface area (Å²) in [6.45, 7) is 5.24. The molecule has 1 aliphatic heterocycles. The fourth-order valence-corrected chi connectivity index (χ4v) is 2.29. The van der Waals surface area contributed by atoms with E-state index in [1.807, 2.05) is 11.8 Å². The van der Waals surface area contributed by atoms with Crippen molar-refractivity contribution in [1.82, 2.24) is 10.2 Å². The summed E-state index contributed by atoms with van der Waals surface area (Å²) in [7, 11) is -0.747. The molecule has 5 nitrogen and oxygen atoms in total. The van der Waals surface area contributed by atoms with Gasteiger partial charge in [0.05, 0.1) is 19.3 Å². The number of nitrogens with zero attached hydrogens (tertiary/aromatic N) is 1. The molecule has 1 saturated heterocycles. The molecule has 6 heteroatoms. The Labute approximate surface area is 105 Å². The third-order valence-corrected chi connectivity index (χ3v) is 3.62. The quantitative estimate of drug-likeness (QED) is 0.661. The molecule has 2 unspecified atom stereocenters. The Bertz CT molecular complexity index is 267. The lowest BCUT2D eigenvalue weighted by molar-refractivity contribution is -0.137. The average molecular weight is 262 g/mol. The van der Waals surface area contributed by atoms with E-state index in [2.05, 4.69) is 5.32 Å². The van der Waals surface area contributed by atoms with Crippen LogP contribution in [0, 0.1) is 0 Å².